The van der Waals surface area contributed by atoms with Crippen molar-refractivity contribution < 1.29 is 13.2 Å². The molecule has 0 aliphatic carbocycles. The van der Waals surface area contributed by atoms with Crippen molar-refractivity contribution >= 4 is 21.7 Å². The third-order valence-corrected chi connectivity index (χ3v) is 4.79. The quantitative estimate of drug-likeness (QED) is 0.636. The summed E-state index contributed by atoms with van der Waals surface area (Å²) in [6.45, 7) is 4.48. The monoisotopic (exact) mass is 377 g/mol. The molecule has 1 aromatic carbocycles. The Morgan fingerprint density at radius 2 is 1.92 bits per heavy atom. The van der Waals surface area contributed by atoms with Gasteiger partial charge in [0.05, 0.1) is 4.90 Å². The fourth-order valence-corrected chi connectivity index (χ4v) is 2.69. The molecule has 0 bridgehead atoms. The molecular weight excluding hydrogens is 354 g/mol. The average Bonchev–Trinajstić information content (AvgIpc) is 2.61. The van der Waals surface area contributed by atoms with Gasteiger partial charge in [-0.3, -0.25) is 4.79 Å². The summed E-state index contributed by atoms with van der Waals surface area (Å²) in [6, 6.07) is 8.10. The van der Waals surface area contributed by atoms with Gasteiger partial charge >= 0.3 is 0 Å². The van der Waals surface area contributed by atoms with E-state index in [-0.39, 0.29) is 22.5 Å². The van der Waals surface area contributed by atoms with Crippen LogP contribution in [0.4, 0.5) is 5.82 Å². The van der Waals surface area contributed by atoms with Crippen LogP contribution in [0.1, 0.15) is 36.3 Å². The van der Waals surface area contributed by atoms with E-state index < -0.39 is 10.0 Å². The molecule has 1 aromatic heterocycles. The molecule has 140 valence electrons. The number of sulfonamides is 1. The summed E-state index contributed by atoms with van der Waals surface area (Å²) in [5, 5.41) is 11.0. The van der Waals surface area contributed by atoms with Gasteiger partial charge in [-0.15, -0.1) is 0 Å². The highest BCUT2D eigenvalue weighted by atomic mass is 32.2. The SMILES string of the molecule is CCC(C)Nc1cc(C(=O)NCCc2ccc(S(N)(=O)=O)cc2)ncn1. The molecule has 1 amide bonds. The molecule has 0 spiro atoms. The average molecular weight is 377 g/mol. The Morgan fingerprint density at radius 1 is 1.23 bits per heavy atom. The number of anilines is 1. The maximum absolute atomic E-state index is 12.2. The molecule has 0 aliphatic rings. The third-order valence-electron chi connectivity index (χ3n) is 3.86. The van der Waals surface area contributed by atoms with Gasteiger partial charge < -0.3 is 10.6 Å². The number of nitrogens with zero attached hydrogens (tertiary/aromatic N) is 2. The summed E-state index contributed by atoms with van der Waals surface area (Å²) >= 11 is 0. The normalized spacial score (nSPS) is 12.4. The standard InChI is InChI=1S/C17H23N5O3S/c1-3-12(2)22-16-10-15(20-11-21-16)17(23)19-9-8-13-4-6-14(7-5-13)26(18,24)25/h4-7,10-12H,3,8-9H2,1-2H3,(H,19,23)(H2,18,24,25)(H,20,21,22). The second-order valence-electron chi connectivity index (χ2n) is 5.94. The van der Waals surface area contributed by atoms with Crippen molar-refractivity contribution in [2.24, 2.45) is 5.14 Å². The van der Waals surface area contributed by atoms with Crippen LogP contribution in [0.5, 0.6) is 0 Å². The van der Waals surface area contributed by atoms with Crippen LogP contribution in [-0.2, 0) is 16.4 Å². The zero-order chi connectivity index (χ0) is 19.2. The first-order chi connectivity index (χ1) is 12.3. The molecule has 9 heteroatoms. The van der Waals surface area contributed by atoms with E-state index in [9.17, 15) is 13.2 Å². The van der Waals surface area contributed by atoms with Gasteiger partial charge in [-0.25, -0.2) is 23.5 Å². The van der Waals surface area contributed by atoms with Crippen molar-refractivity contribution in [2.45, 2.75) is 37.6 Å². The Bertz CT molecular complexity index is 853. The van der Waals surface area contributed by atoms with Crippen LogP contribution in [0.25, 0.3) is 0 Å². The highest BCUT2D eigenvalue weighted by Crippen LogP contribution is 2.09. The molecule has 4 N–H and O–H groups in total. The maximum atomic E-state index is 12.2. The predicted molar refractivity (Wildman–Crippen MR) is 99.3 cm³/mol. The van der Waals surface area contributed by atoms with Crippen LogP contribution in [0.15, 0.2) is 41.6 Å². The first kappa shape index (κ1) is 19.8. The van der Waals surface area contributed by atoms with Gasteiger partial charge in [-0.05, 0) is 37.5 Å². The molecule has 0 fully saturated rings. The Morgan fingerprint density at radius 3 is 2.54 bits per heavy atom. The van der Waals surface area contributed by atoms with Gasteiger partial charge in [0, 0.05) is 18.7 Å². The number of aromatic nitrogens is 2. The molecule has 0 aliphatic heterocycles. The highest BCUT2D eigenvalue weighted by Gasteiger charge is 2.10. The van der Waals surface area contributed by atoms with Gasteiger partial charge in [0.2, 0.25) is 10.0 Å². The van der Waals surface area contributed by atoms with Crippen molar-refractivity contribution in [3.63, 3.8) is 0 Å². The highest BCUT2D eigenvalue weighted by molar-refractivity contribution is 7.89. The van der Waals surface area contributed by atoms with Crippen molar-refractivity contribution in [1.82, 2.24) is 15.3 Å². The van der Waals surface area contributed by atoms with E-state index in [1.54, 1.807) is 18.2 Å². The number of carbonyl (C=O) groups is 1. The molecule has 0 radical (unpaired) electrons. The topological polar surface area (TPSA) is 127 Å². The fraction of sp³-hybridized carbons (Fsp3) is 0.353. The van der Waals surface area contributed by atoms with Crippen molar-refractivity contribution in [1.29, 1.82) is 0 Å². The molecule has 0 saturated heterocycles. The minimum absolute atomic E-state index is 0.0626. The lowest BCUT2D eigenvalue weighted by Gasteiger charge is -2.12. The number of primary sulfonamides is 1. The van der Waals surface area contributed by atoms with Crippen LogP contribution in [0.3, 0.4) is 0 Å². The third kappa shape index (κ3) is 5.78. The molecule has 26 heavy (non-hydrogen) atoms. The molecule has 2 rings (SSSR count). The van der Waals surface area contributed by atoms with E-state index >= 15 is 0 Å². The molecule has 8 nitrogen and oxygen atoms in total. The predicted octanol–water partition coefficient (Wildman–Crippen LogP) is 1.31. The number of nitrogens with one attached hydrogen (secondary N) is 2. The van der Waals surface area contributed by atoms with Crippen molar-refractivity contribution in [2.75, 3.05) is 11.9 Å². The zero-order valence-corrected chi connectivity index (χ0v) is 15.6. The van der Waals surface area contributed by atoms with E-state index in [0.717, 1.165) is 12.0 Å². The van der Waals surface area contributed by atoms with E-state index in [2.05, 4.69) is 27.5 Å². The Balaban J connectivity index is 1.90. The lowest BCUT2D eigenvalue weighted by Crippen LogP contribution is -2.27. The minimum Gasteiger partial charge on any atom is -0.368 e. The van der Waals surface area contributed by atoms with Crippen LogP contribution in [-0.4, -0.2) is 36.9 Å². The number of carbonyl (C=O) groups excluding carboxylic acids is 1. The van der Waals surface area contributed by atoms with Gasteiger partial charge in [-0.2, -0.15) is 0 Å². The van der Waals surface area contributed by atoms with E-state index in [1.165, 1.54) is 18.5 Å². The number of benzene rings is 1. The number of nitrogens with two attached hydrogens (primary N) is 1. The smallest absolute Gasteiger partial charge is 0.270 e. The molecule has 2 aromatic rings. The largest absolute Gasteiger partial charge is 0.368 e. The first-order valence-corrected chi connectivity index (χ1v) is 9.82. The molecule has 1 heterocycles. The van der Waals surface area contributed by atoms with Gasteiger partial charge in [-0.1, -0.05) is 19.1 Å². The van der Waals surface area contributed by atoms with E-state index in [4.69, 9.17) is 5.14 Å². The summed E-state index contributed by atoms with van der Waals surface area (Å²) in [5.74, 6) is 0.318. The minimum atomic E-state index is -3.69. The maximum Gasteiger partial charge on any atom is 0.270 e. The summed E-state index contributed by atoms with van der Waals surface area (Å²) in [4.78, 5) is 20.4. The Kier molecular flexibility index (Phi) is 6.64. The van der Waals surface area contributed by atoms with Crippen LogP contribution in [0.2, 0.25) is 0 Å². The molecule has 1 unspecified atom stereocenters. The zero-order valence-electron chi connectivity index (χ0n) is 14.8. The van der Waals surface area contributed by atoms with E-state index in [0.29, 0.717) is 18.8 Å². The fourth-order valence-electron chi connectivity index (χ4n) is 2.17. The summed E-state index contributed by atoms with van der Waals surface area (Å²) in [7, 11) is -3.69. The lowest BCUT2D eigenvalue weighted by atomic mass is 10.1. The molecular formula is C17H23N5O3S. The Hall–Kier alpha value is -2.52. The van der Waals surface area contributed by atoms with Gasteiger partial charge in [0.1, 0.15) is 17.8 Å². The van der Waals surface area contributed by atoms with Crippen LogP contribution < -0.4 is 15.8 Å². The van der Waals surface area contributed by atoms with Gasteiger partial charge in [0.25, 0.3) is 5.91 Å². The number of amides is 1. The summed E-state index contributed by atoms with van der Waals surface area (Å²) in [5.41, 5.74) is 1.18. The second-order valence-corrected chi connectivity index (χ2v) is 7.50. The summed E-state index contributed by atoms with van der Waals surface area (Å²) in [6.07, 6.45) is 2.85. The first-order valence-electron chi connectivity index (χ1n) is 8.28. The second kappa shape index (κ2) is 8.72. The number of hydrogen-bond donors (Lipinski definition) is 3. The number of hydrogen-bond acceptors (Lipinski definition) is 6. The summed E-state index contributed by atoms with van der Waals surface area (Å²) < 4.78 is 22.4. The van der Waals surface area contributed by atoms with Crippen molar-refractivity contribution in [3.8, 4) is 0 Å². The Labute approximate surface area is 153 Å². The number of rotatable bonds is 8. The van der Waals surface area contributed by atoms with Gasteiger partial charge in [0.15, 0.2) is 0 Å². The molecule has 1 atom stereocenters. The lowest BCUT2D eigenvalue weighted by molar-refractivity contribution is 0.0949. The van der Waals surface area contributed by atoms with E-state index in [1.807, 2.05) is 6.92 Å². The van der Waals surface area contributed by atoms with Crippen molar-refractivity contribution in [3.05, 3.63) is 47.9 Å². The molecule has 0 saturated carbocycles. The van der Waals surface area contributed by atoms with Crippen LogP contribution in [0, 0.1) is 0 Å². The van der Waals surface area contributed by atoms with Crippen LogP contribution >= 0.6 is 0 Å².